The quantitative estimate of drug-likeness (QED) is 0.169. The third kappa shape index (κ3) is 6.37. The number of anilines is 2. The lowest BCUT2D eigenvalue weighted by Gasteiger charge is -2.26. The lowest BCUT2D eigenvalue weighted by Crippen LogP contribution is -2.29. The number of benzene rings is 3. The zero-order valence-corrected chi connectivity index (χ0v) is 24.3. The second-order valence-electron chi connectivity index (χ2n) is 9.85. The molecule has 0 spiro atoms. The van der Waals surface area contributed by atoms with Gasteiger partial charge in [0.15, 0.2) is 11.7 Å². The van der Waals surface area contributed by atoms with E-state index in [1.807, 2.05) is 121 Å². The van der Waals surface area contributed by atoms with Gasteiger partial charge in [-0.3, -0.25) is 9.78 Å². The fourth-order valence-electron chi connectivity index (χ4n) is 5.04. The third-order valence-corrected chi connectivity index (χ3v) is 7.32. The van der Waals surface area contributed by atoms with Crippen molar-refractivity contribution in [2.24, 2.45) is 0 Å². The summed E-state index contributed by atoms with van der Waals surface area (Å²) in [5, 5.41) is 6.88. The summed E-state index contributed by atoms with van der Waals surface area (Å²) in [5.74, 6) is 2.68. The number of carbonyl (C=O) groups is 1. The predicted octanol–water partition coefficient (Wildman–Crippen LogP) is 6.93. The minimum atomic E-state index is -0.307. The number of pyridine rings is 1. The molecule has 1 aliphatic heterocycles. The number of nitrogens with zero attached hydrogens (tertiary/aromatic N) is 2. The number of hydrogen-bond acceptors (Lipinski definition) is 6. The van der Waals surface area contributed by atoms with Crippen LogP contribution in [0.25, 0.3) is 11.3 Å². The van der Waals surface area contributed by atoms with Gasteiger partial charge >= 0.3 is 0 Å². The fourth-order valence-corrected chi connectivity index (χ4v) is 5.38. The van der Waals surface area contributed by atoms with Crippen LogP contribution in [0, 0.1) is 0 Å². The Kier molecular flexibility index (Phi) is 8.33. The lowest BCUT2D eigenvalue weighted by atomic mass is 10.0. The normalized spacial score (nSPS) is 16.0. The largest absolute Gasteiger partial charge is 0.494 e. The predicted molar refractivity (Wildman–Crippen MR) is 170 cm³/mol. The Morgan fingerprint density at radius 2 is 1.65 bits per heavy atom. The Bertz CT molecular complexity index is 1680. The van der Waals surface area contributed by atoms with E-state index in [0.717, 1.165) is 34.2 Å². The van der Waals surface area contributed by atoms with Crippen LogP contribution in [0.5, 0.6) is 11.5 Å². The Morgan fingerprint density at radius 1 is 0.907 bits per heavy atom. The molecule has 6 rings (SSSR count). The monoisotopic (exact) mass is 590 g/mol. The molecule has 0 saturated carbocycles. The number of para-hydroxylation sites is 1. The van der Waals surface area contributed by atoms with Gasteiger partial charge in [0, 0.05) is 23.1 Å². The molecule has 3 aromatic carbocycles. The zero-order valence-electron chi connectivity index (χ0n) is 23.5. The first-order valence-electron chi connectivity index (χ1n) is 14.0. The Labute approximate surface area is 255 Å². The molecule has 5 aromatic rings. The minimum Gasteiger partial charge on any atom is -0.494 e. The van der Waals surface area contributed by atoms with Crippen LogP contribution in [0.3, 0.4) is 0 Å². The smallest absolute Gasteiger partial charge is 0.262 e. The number of carbonyl (C=O) groups excluding carboxylic acids is 1. The van der Waals surface area contributed by atoms with Gasteiger partial charge in [-0.1, -0.05) is 24.3 Å². The maximum absolute atomic E-state index is 12.5. The zero-order chi connectivity index (χ0) is 29.6. The third-order valence-electron chi connectivity index (χ3n) is 7.01. The number of nitrogens with one attached hydrogen (secondary N) is 2. The average molecular weight is 591 g/mol. The number of amides is 1. The second-order valence-corrected chi connectivity index (χ2v) is 10.2. The van der Waals surface area contributed by atoms with Crippen LogP contribution in [0.2, 0.25) is 0 Å². The molecule has 0 unspecified atom stereocenters. The molecule has 2 atom stereocenters. The summed E-state index contributed by atoms with van der Waals surface area (Å²) in [6.07, 6.45) is 1.77. The second kappa shape index (κ2) is 12.8. The molecule has 2 aromatic heterocycles. The molecular weight excluding hydrogens is 560 g/mol. The van der Waals surface area contributed by atoms with Crippen molar-refractivity contribution in [3.63, 3.8) is 0 Å². The topological polar surface area (TPSA) is 88.9 Å². The van der Waals surface area contributed by atoms with E-state index in [9.17, 15) is 4.79 Å². The average Bonchev–Trinajstić information content (AvgIpc) is 3.67. The van der Waals surface area contributed by atoms with E-state index >= 15 is 0 Å². The Morgan fingerprint density at radius 3 is 2.37 bits per heavy atom. The molecule has 3 heterocycles. The number of hydrogen-bond donors (Lipinski definition) is 2. The van der Waals surface area contributed by atoms with Crippen LogP contribution in [0.4, 0.5) is 11.4 Å². The van der Waals surface area contributed by atoms with Crippen molar-refractivity contribution in [3.05, 3.63) is 127 Å². The highest BCUT2D eigenvalue weighted by atomic mass is 32.1. The molecule has 216 valence electrons. The van der Waals surface area contributed by atoms with E-state index < -0.39 is 0 Å². The molecule has 8 nitrogen and oxygen atoms in total. The molecule has 1 aliphatic rings. The van der Waals surface area contributed by atoms with Crippen LogP contribution < -0.4 is 25.0 Å². The molecule has 0 radical (unpaired) electrons. The molecule has 0 bridgehead atoms. The molecule has 2 N–H and O–H groups in total. The summed E-state index contributed by atoms with van der Waals surface area (Å²) in [6, 6.07) is 33.8. The van der Waals surface area contributed by atoms with E-state index in [4.69, 9.17) is 26.1 Å². The molecule has 1 fully saturated rings. The minimum absolute atomic E-state index is 0.0884. The van der Waals surface area contributed by atoms with Gasteiger partial charge in [0.25, 0.3) is 5.91 Å². The van der Waals surface area contributed by atoms with E-state index in [1.54, 1.807) is 6.20 Å². The summed E-state index contributed by atoms with van der Waals surface area (Å²) >= 11 is 5.84. The number of thiocarbonyl (C=S) groups is 1. The molecule has 43 heavy (non-hydrogen) atoms. The van der Waals surface area contributed by atoms with Gasteiger partial charge in [0.2, 0.25) is 0 Å². The first-order chi connectivity index (χ1) is 21.1. The highest BCUT2D eigenvalue weighted by molar-refractivity contribution is 7.80. The van der Waals surface area contributed by atoms with Gasteiger partial charge in [0.1, 0.15) is 29.1 Å². The van der Waals surface area contributed by atoms with Gasteiger partial charge in [-0.05, 0) is 104 Å². The number of furan rings is 1. The molecule has 1 saturated heterocycles. The van der Waals surface area contributed by atoms with Crippen LogP contribution >= 0.6 is 12.2 Å². The number of ether oxygens (including phenoxy) is 2. The first-order valence-corrected chi connectivity index (χ1v) is 14.4. The van der Waals surface area contributed by atoms with Gasteiger partial charge < -0.3 is 29.4 Å². The van der Waals surface area contributed by atoms with Crippen LogP contribution in [0.15, 0.2) is 120 Å². The van der Waals surface area contributed by atoms with Crippen LogP contribution in [-0.4, -0.2) is 29.2 Å². The highest BCUT2D eigenvalue weighted by Gasteiger charge is 2.42. The fraction of sp³-hybridized carbons (Fsp3) is 0.147. The molecular formula is C34H30N4O4S. The van der Waals surface area contributed by atoms with Crippen molar-refractivity contribution in [2.75, 3.05) is 23.4 Å². The van der Waals surface area contributed by atoms with Crippen molar-refractivity contribution >= 4 is 34.6 Å². The van der Waals surface area contributed by atoms with E-state index in [1.165, 1.54) is 0 Å². The lowest BCUT2D eigenvalue weighted by molar-refractivity contribution is -0.118. The van der Waals surface area contributed by atoms with Crippen LogP contribution in [-0.2, 0) is 4.79 Å². The first kappa shape index (κ1) is 28.0. The number of rotatable bonds is 10. The van der Waals surface area contributed by atoms with E-state index in [0.29, 0.717) is 23.2 Å². The standard InChI is InChI=1S/C34H30N4O4S/c1-2-40-27-17-11-23(12-18-27)29-19-20-30(42-29)33-32(28-10-6-7-21-35-28)37-34(43)38(33)25-15-13-24(14-16-25)36-31(39)22-41-26-8-4-3-5-9-26/h3-21,32-33H,2,22H2,1H3,(H,36,39)(H,37,43)/t32-,33-/m0/s1. The van der Waals surface area contributed by atoms with Crippen molar-refractivity contribution < 1.29 is 18.7 Å². The molecule has 9 heteroatoms. The van der Waals surface area contributed by atoms with Gasteiger partial charge in [-0.2, -0.15) is 0 Å². The van der Waals surface area contributed by atoms with Crippen molar-refractivity contribution in [1.29, 1.82) is 0 Å². The Hall–Kier alpha value is -5.15. The number of aromatic nitrogens is 1. The summed E-state index contributed by atoms with van der Waals surface area (Å²) in [5.41, 5.74) is 3.29. The Balaban J connectivity index is 1.24. The van der Waals surface area contributed by atoms with Crippen molar-refractivity contribution in [2.45, 2.75) is 19.0 Å². The maximum Gasteiger partial charge on any atom is 0.262 e. The molecule has 1 amide bonds. The van der Waals surface area contributed by atoms with Crippen molar-refractivity contribution in [1.82, 2.24) is 10.3 Å². The molecule has 0 aliphatic carbocycles. The van der Waals surface area contributed by atoms with Crippen molar-refractivity contribution in [3.8, 4) is 22.8 Å². The van der Waals surface area contributed by atoms with Gasteiger partial charge in [-0.25, -0.2) is 0 Å². The van der Waals surface area contributed by atoms with Gasteiger partial charge in [0.05, 0.1) is 18.3 Å². The summed E-state index contributed by atoms with van der Waals surface area (Å²) in [7, 11) is 0. The van der Waals surface area contributed by atoms with Crippen LogP contribution in [0.1, 0.15) is 30.5 Å². The summed E-state index contributed by atoms with van der Waals surface area (Å²) in [6.45, 7) is 2.48. The SMILES string of the molecule is CCOc1ccc(-c2ccc([C@H]3[C@H](c4ccccn4)NC(=S)N3c3ccc(NC(=O)COc4ccccc4)cc3)o2)cc1. The van der Waals surface area contributed by atoms with E-state index in [2.05, 4.69) is 15.6 Å². The van der Waals surface area contributed by atoms with Gasteiger partial charge in [-0.15, -0.1) is 0 Å². The van der Waals surface area contributed by atoms with E-state index in [-0.39, 0.29) is 24.6 Å². The maximum atomic E-state index is 12.5. The highest BCUT2D eigenvalue weighted by Crippen LogP contribution is 2.43. The summed E-state index contributed by atoms with van der Waals surface area (Å²) in [4.78, 5) is 19.1. The summed E-state index contributed by atoms with van der Waals surface area (Å²) < 4.78 is 17.6.